The third-order valence-corrected chi connectivity index (χ3v) is 3.59. The van der Waals surface area contributed by atoms with Crippen LogP contribution in [0.3, 0.4) is 0 Å². The molecule has 0 aromatic heterocycles. The predicted molar refractivity (Wildman–Crippen MR) is 82.9 cm³/mol. The Morgan fingerprint density at radius 1 is 1.38 bits per heavy atom. The van der Waals surface area contributed by atoms with Gasteiger partial charge in [0.05, 0.1) is 30.8 Å². The molecule has 1 heterocycles. The topological polar surface area (TPSA) is 47.6 Å². The smallest absolute Gasteiger partial charge is 0.173 e. The molecular weight excluding hydrogens is 266 g/mol. The van der Waals surface area contributed by atoms with Crippen molar-refractivity contribution < 1.29 is 14.3 Å². The van der Waals surface area contributed by atoms with Crippen molar-refractivity contribution in [1.29, 1.82) is 0 Å². The Morgan fingerprint density at radius 2 is 2.14 bits per heavy atom. The lowest BCUT2D eigenvalue weighted by Gasteiger charge is -2.20. The zero-order valence-electron chi connectivity index (χ0n) is 13.1. The van der Waals surface area contributed by atoms with Crippen LogP contribution in [0.1, 0.15) is 37.6 Å². The Kier molecular flexibility index (Phi) is 5.76. The van der Waals surface area contributed by atoms with Crippen molar-refractivity contribution >= 4 is 5.78 Å². The van der Waals surface area contributed by atoms with E-state index in [1.165, 1.54) is 0 Å². The molecule has 1 saturated heterocycles. The van der Waals surface area contributed by atoms with Gasteiger partial charge in [0.15, 0.2) is 5.78 Å². The fourth-order valence-electron chi connectivity index (χ4n) is 2.57. The highest BCUT2D eigenvalue weighted by Crippen LogP contribution is 2.26. The molecule has 0 aliphatic carbocycles. The van der Waals surface area contributed by atoms with E-state index in [1.807, 2.05) is 38.1 Å². The summed E-state index contributed by atoms with van der Waals surface area (Å²) in [5.41, 5.74) is 0.657. The molecule has 0 bridgehead atoms. The molecule has 0 radical (unpaired) electrons. The Bertz CT molecular complexity index is 473. The van der Waals surface area contributed by atoms with Crippen molar-refractivity contribution in [1.82, 2.24) is 5.32 Å². The summed E-state index contributed by atoms with van der Waals surface area (Å²) in [5.74, 6) is 0.643. The second-order valence-electron chi connectivity index (χ2n) is 5.73. The van der Waals surface area contributed by atoms with Gasteiger partial charge in [-0.2, -0.15) is 0 Å². The number of hydrogen-bond acceptors (Lipinski definition) is 4. The number of nitrogens with one attached hydrogen (secondary N) is 1. The van der Waals surface area contributed by atoms with Gasteiger partial charge in [-0.3, -0.25) is 4.79 Å². The molecule has 116 valence electrons. The van der Waals surface area contributed by atoms with E-state index in [-0.39, 0.29) is 23.8 Å². The molecule has 4 nitrogen and oxygen atoms in total. The minimum absolute atomic E-state index is 0.0489. The third-order valence-electron chi connectivity index (χ3n) is 3.59. The van der Waals surface area contributed by atoms with Crippen LogP contribution in [0.2, 0.25) is 0 Å². The second kappa shape index (κ2) is 7.57. The quantitative estimate of drug-likeness (QED) is 0.785. The van der Waals surface area contributed by atoms with Crippen LogP contribution >= 0.6 is 0 Å². The van der Waals surface area contributed by atoms with Crippen molar-refractivity contribution in [3.8, 4) is 5.75 Å². The van der Waals surface area contributed by atoms with Crippen LogP contribution in [0.5, 0.6) is 5.75 Å². The lowest BCUT2D eigenvalue weighted by molar-refractivity contribution is 0.0885. The largest absolute Gasteiger partial charge is 0.490 e. The zero-order valence-corrected chi connectivity index (χ0v) is 13.1. The van der Waals surface area contributed by atoms with Crippen LogP contribution in [0, 0.1) is 5.92 Å². The van der Waals surface area contributed by atoms with E-state index in [0.29, 0.717) is 24.5 Å². The van der Waals surface area contributed by atoms with E-state index in [0.717, 1.165) is 13.0 Å². The first-order chi connectivity index (χ1) is 10.1. The van der Waals surface area contributed by atoms with Gasteiger partial charge in [0.25, 0.3) is 0 Å². The van der Waals surface area contributed by atoms with Gasteiger partial charge in [-0.05, 0) is 38.9 Å². The molecule has 1 aromatic carbocycles. The maximum atomic E-state index is 12.8. The predicted octanol–water partition coefficient (Wildman–Crippen LogP) is 2.67. The number of carbonyl (C=O) groups is 1. The van der Waals surface area contributed by atoms with Gasteiger partial charge in [-0.25, -0.2) is 0 Å². The fraction of sp³-hybridized carbons (Fsp3) is 0.588. The van der Waals surface area contributed by atoms with Gasteiger partial charge in [0.1, 0.15) is 5.75 Å². The molecular formula is C17H25NO3. The first-order valence-electron chi connectivity index (χ1n) is 7.74. The first kappa shape index (κ1) is 16.0. The van der Waals surface area contributed by atoms with E-state index in [4.69, 9.17) is 9.47 Å². The summed E-state index contributed by atoms with van der Waals surface area (Å²) in [7, 11) is 0. The Labute approximate surface area is 126 Å². The molecule has 1 fully saturated rings. The molecule has 1 aromatic rings. The normalized spacial score (nSPS) is 21.7. The Balaban J connectivity index is 2.15. The highest BCUT2D eigenvalue weighted by molar-refractivity contribution is 6.01. The summed E-state index contributed by atoms with van der Waals surface area (Å²) in [6, 6.07) is 7.58. The molecule has 2 rings (SSSR count). The average Bonchev–Trinajstić information content (AvgIpc) is 2.92. The SMILES string of the molecule is CCCNC1COCC1C(=O)c1ccccc1OC(C)C. The molecule has 2 atom stereocenters. The summed E-state index contributed by atoms with van der Waals surface area (Å²) >= 11 is 0. The zero-order chi connectivity index (χ0) is 15.2. The van der Waals surface area contributed by atoms with Crippen molar-refractivity contribution in [2.45, 2.75) is 39.3 Å². The molecule has 2 unspecified atom stereocenters. The van der Waals surface area contributed by atoms with Gasteiger partial charge in [0.2, 0.25) is 0 Å². The Hall–Kier alpha value is -1.39. The van der Waals surface area contributed by atoms with Gasteiger partial charge in [-0.15, -0.1) is 0 Å². The summed E-state index contributed by atoms with van der Waals surface area (Å²) in [4.78, 5) is 12.8. The second-order valence-corrected chi connectivity index (χ2v) is 5.73. The standard InChI is InChI=1S/C17H25NO3/c1-4-9-18-15-11-20-10-14(15)17(19)13-7-5-6-8-16(13)21-12(2)3/h5-8,12,14-15,18H,4,9-11H2,1-3H3. The molecule has 1 aliphatic rings. The summed E-state index contributed by atoms with van der Waals surface area (Å²) in [5, 5.41) is 3.41. The van der Waals surface area contributed by atoms with Crippen molar-refractivity contribution in [3.05, 3.63) is 29.8 Å². The molecule has 21 heavy (non-hydrogen) atoms. The molecule has 1 aliphatic heterocycles. The monoisotopic (exact) mass is 291 g/mol. The molecule has 4 heteroatoms. The van der Waals surface area contributed by atoms with E-state index < -0.39 is 0 Å². The van der Waals surface area contributed by atoms with E-state index in [9.17, 15) is 4.79 Å². The number of ether oxygens (including phenoxy) is 2. The summed E-state index contributed by atoms with van der Waals surface area (Å²) in [6.07, 6.45) is 1.09. The highest BCUT2D eigenvalue weighted by atomic mass is 16.5. The van der Waals surface area contributed by atoms with Crippen LogP contribution in [-0.4, -0.2) is 37.7 Å². The molecule has 0 spiro atoms. The van der Waals surface area contributed by atoms with E-state index >= 15 is 0 Å². The van der Waals surface area contributed by atoms with Crippen LogP contribution in [0.25, 0.3) is 0 Å². The Morgan fingerprint density at radius 3 is 2.86 bits per heavy atom. The maximum absolute atomic E-state index is 12.8. The van der Waals surface area contributed by atoms with Gasteiger partial charge >= 0.3 is 0 Å². The van der Waals surface area contributed by atoms with Crippen molar-refractivity contribution in [3.63, 3.8) is 0 Å². The van der Waals surface area contributed by atoms with Gasteiger partial charge in [-0.1, -0.05) is 19.1 Å². The van der Waals surface area contributed by atoms with Crippen LogP contribution < -0.4 is 10.1 Å². The van der Waals surface area contributed by atoms with Crippen molar-refractivity contribution in [2.75, 3.05) is 19.8 Å². The third kappa shape index (κ3) is 4.05. The lowest BCUT2D eigenvalue weighted by Crippen LogP contribution is -2.39. The number of para-hydroxylation sites is 1. The molecule has 0 saturated carbocycles. The van der Waals surface area contributed by atoms with Gasteiger partial charge in [0, 0.05) is 6.04 Å². The van der Waals surface area contributed by atoms with E-state index in [2.05, 4.69) is 12.2 Å². The maximum Gasteiger partial charge on any atom is 0.173 e. The first-order valence-corrected chi connectivity index (χ1v) is 7.74. The minimum Gasteiger partial charge on any atom is -0.490 e. The number of rotatable bonds is 7. The molecule has 0 amide bonds. The van der Waals surface area contributed by atoms with Crippen LogP contribution in [-0.2, 0) is 4.74 Å². The van der Waals surface area contributed by atoms with E-state index in [1.54, 1.807) is 0 Å². The number of benzene rings is 1. The molecule has 1 N–H and O–H groups in total. The minimum atomic E-state index is -0.131. The summed E-state index contributed by atoms with van der Waals surface area (Å²) < 4.78 is 11.3. The summed E-state index contributed by atoms with van der Waals surface area (Å²) in [6.45, 7) is 8.03. The van der Waals surface area contributed by atoms with Crippen molar-refractivity contribution in [2.24, 2.45) is 5.92 Å². The number of Topliss-reactive ketones (excluding diaryl/α,β-unsaturated/α-hetero) is 1. The van der Waals surface area contributed by atoms with Crippen LogP contribution in [0.15, 0.2) is 24.3 Å². The lowest BCUT2D eigenvalue weighted by atomic mass is 9.92. The fourth-order valence-corrected chi connectivity index (χ4v) is 2.57. The average molecular weight is 291 g/mol. The van der Waals surface area contributed by atoms with Gasteiger partial charge < -0.3 is 14.8 Å². The van der Waals surface area contributed by atoms with Crippen LogP contribution in [0.4, 0.5) is 0 Å². The highest BCUT2D eigenvalue weighted by Gasteiger charge is 2.35. The number of hydrogen-bond donors (Lipinski definition) is 1. The number of carbonyl (C=O) groups excluding carboxylic acids is 1. The number of ketones is 1.